The van der Waals surface area contributed by atoms with Gasteiger partial charge in [-0.1, -0.05) is 13.8 Å². The Kier molecular flexibility index (Phi) is 3.83. The summed E-state index contributed by atoms with van der Waals surface area (Å²) in [5.74, 6) is 0.121. The van der Waals surface area contributed by atoms with Crippen LogP contribution in [0.3, 0.4) is 0 Å². The zero-order valence-electron chi connectivity index (χ0n) is 11.3. The Morgan fingerprint density at radius 3 is 2.95 bits per heavy atom. The van der Waals surface area contributed by atoms with E-state index < -0.39 is 5.82 Å². The maximum Gasteiger partial charge on any atom is 0.262 e. The molecule has 19 heavy (non-hydrogen) atoms. The molecule has 1 heterocycles. The zero-order chi connectivity index (χ0) is 14.0. The van der Waals surface area contributed by atoms with Gasteiger partial charge in [0.25, 0.3) is 5.91 Å². The third-order valence-corrected chi connectivity index (χ3v) is 2.70. The van der Waals surface area contributed by atoms with Crippen LogP contribution in [0.1, 0.15) is 27.2 Å². The molecule has 0 saturated carbocycles. The van der Waals surface area contributed by atoms with Gasteiger partial charge in [0.1, 0.15) is 11.4 Å². The smallest absolute Gasteiger partial charge is 0.262 e. The van der Waals surface area contributed by atoms with Crippen LogP contribution in [-0.2, 0) is 4.79 Å². The number of rotatable bonds is 3. The number of nitrogens with one attached hydrogen (secondary N) is 1. The van der Waals surface area contributed by atoms with Gasteiger partial charge in [-0.15, -0.1) is 0 Å². The minimum Gasteiger partial charge on any atom is -0.481 e. The number of anilines is 1. The van der Waals surface area contributed by atoms with Crippen molar-refractivity contribution in [1.82, 2.24) is 0 Å². The van der Waals surface area contributed by atoms with Gasteiger partial charge in [-0.2, -0.15) is 0 Å². The van der Waals surface area contributed by atoms with Crippen molar-refractivity contribution < 1.29 is 13.9 Å². The van der Waals surface area contributed by atoms with Crippen LogP contribution in [0, 0.1) is 11.7 Å². The summed E-state index contributed by atoms with van der Waals surface area (Å²) in [7, 11) is 0. The van der Waals surface area contributed by atoms with Gasteiger partial charge in [-0.05, 0) is 25.3 Å². The van der Waals surface area contributed by atoms with E-state index in [1.54, 1.807) is 0 Å². The number of aliphatic imine (C=N–C) groups is 1. The molecule has 2 rings (SSSR count). The number of amides is 1. The van der Waals surface area contributed by atoms with Crippen LogP contribution in [0.15, 0.2) is 17.1 Å². The Hall–Kier alpha value is -1.91. The summed E-state index contributed by atoms with van der Waals surface area (Å²) in [6.07, 6.45) is 0.805. The average Bonchev–Trinajstić information content (AvgIpc) is 2.29. The van der Waals surface area contributed by atoms with Crippen molar-refractivity contribution in [2.45, 2.75) is 27.2 Å². The number of hydrogen-bond donors (Lipinski definition) is 1. The first-order valence-corrected chi connectivity index (χ1v) is 6.26. The lowest BCUT2D eigenvalue weighted by molar-refractivity contribution is -0.118. The van der Waals surface area contributed by atoms with Crippen LogP contribution in [0.5, 0.6) is 5.75 Å². The summed E-state index contributed by atoms with van der Waals surface area (Å²) in [6.45, 7) is 5.95. The molecule has 4 nitrogen and oxygen atoms in total. The van der Waals surface area contributed by atoms with Gasteiger partial charge in [0.2, 0.25) is 0 Å². The van der Waals surface area contributed by atoms with E-state index in [0.717, 1.165) is 12.1 Å². The quantitative estimate of drug-likeness (QED) is 0.852. The Labute approximate surface area is 111 Å². The molecule has 1 aromatic carbocycles. The molecule has 0 spiro atoms. The van der Waals surface area contributed by atoms with Gasteiger partial charge in [0, 0.05) is 11.8 Å². The number of ether oxygens (including phenoxy) is 1. The lowest BCUT2D eigenvalue weighted by Crippen LogP contribution is -2.25. The Bertz CT molecular complexity index is 538. The molecule has 0 aromatic heterocycles. The Balaban J connectivity index is 2.31. The first-order chi connectivity index (χ1) is 8.95. The van der Waals surface area contributed by atoms with Crippen molar-refractivity contribution in [3.8, 4) is 5.75 Å². The number of benzene rings is 1. The molecule has 1 amide bonds. The number of nitrogens with zero attached hydrogens (tertiary/aromatic N) is 1. The predicted octanol–water partition coefficient (Wildman–Crippen LogP) is 3.30. The highest BCUT2D eigenvalue weighted by Gasteiger charge is 2.18. The summed E-state index contributed by atoms with van der Waals surface area (Å²) < 4.78 is 19.0. The van der Waals surface area contributed by atoms with Crippen molar-refractivity contribution in [2.75, 3.05) is 11.9 Å². The van der Waals surface area contributed by atoms with Crippen LogP contribution in [0.2, 0.25) is 0 Å². The van der Waals surface area contributed by atoms with Gasteiger partial charge in [0.15, 0.2) is 12.4 Å². The van der Waals surface area contributed by atoms with E-state index in [0.29, 0.717) is 17.4 Å². The average molecular weight is 264 g/mol. The van der Waals surface area contributed by atoms with Crippen LogP contribution >= 0.6 is 0 Å². The lowest BCUT2D eigenvalue weighted by Gasteiger charge is -2.18. The molecule has 0 unspecified atom stereocenters. The molecule has 0 saturated heterocycles. The molecular formula is C14H17FN2O2. The molecule has 1 aliphatic rings. The zero-order valence-corrected chi connectivity index (χ0v) is 11.3. The minimum absolute atomic E-state index is 0.0819. The third-order valence-electron chi connectivity index (χ3n) is 2.70. The summed E-state index contributed by atoms with van der Waals surface area (Å²) in [6, 6.07) is 2.77. The highest BCUT2D eigenvalue weighted by molar-refractivity contribution is 5.96. The van der Waals surface area contributed by atoms with Crippen molar-refractivity contribution in [1.29, 1.82) is 0 Å². The van der Waals surface area contributed by atoms with Gasteiger partial charge in [-0.25, -0.2) is 4.39 Å². The first-order valence-electron chi connectivity index (χ1n) is 6.26. The fourth-order valence-corrected chi connectivity index (χ4v) is 2.02. The summed E-state index contributed by atoms with van der Waals surface area (Å²) in [5.41, 5.74) is 1.55. The standard InChI is InChI=1S/C14H17FN2O2/c1-8(2)4-9(3)16-11-6-12-13(5-10(11)15)19-7-14(18)17-12/h5-6,8H,4,7H2,1-3H3,(H,17,18)/b16-9+. The monoisotopic (exact) mass is 264 g/mol. The molecule has 1 N–H and O–H groups in total. The fourth-order valence-electron chi connectivity index (χ4n) is 2.02. The number of carbonyl (C=O) groups excluding carboxylic acids is 1. The lowest BCUT2D eigenvalue weighted by atomic mass is 10.1. The molecule has 102 valence electrons. The molecule has 0 radical (unpaired) electrons. The number of hydrogen-bond acceptors (Lipinski definition) is 3. The Morgan fingerprint density at radius 2 is 2.26 bits per heavy atom. The molecular weight excluding hydrogens is 247 g/mol. The van der Waals surface area contributed by atoms with E-state index in [1.165, 1.54) is 12.1 Å². The third kappa shape index (κ3) is 3.30. The van der Waals surface area contributed by atoms with Gasteiger partial charge in [-0.3, -0.25) is 9.79 Å². The molecule has 0 aliphatic carbocycles. The van der Waals surface area contributed by atoms with E-state index in [1.807, 2.05) is 6.92 Å². The predicted molar refractivity (Wildman–Crippen MR) is 72.7 cm³/mol. The van der Waals surface area contributed by atoms with Gasteiger partial charge in [0.05, 0.1) is 5.69 Å². The summed E-state index contributed by atoms with van der Waals surface area (Å²) >= 11 is 0. The maximum atomic E-state index is 13.9. The molecule has 5 heteroatoms. The molecule has 0 atom stereocenters. The highest BCUT2D eigenvalue weighted by Crippen LogP contribution is 2.34. The van der Waals surface area contributed by atoms with Crippen molar-refractivity contribution in [3.63, 3.8) is 0 Å². The fraction of sp³-hybridized carbons (Fsp3) is 0.429. The van der Waals surface area contributed by atoms with Crippen LogP contribution in [0.4, 0.5) is 15.8 Å². The topological polar surface area (TPSA) is 50.7 Å². The highest BCUT2D eigenvalue weighted by atomic mass is 19.1. The number of halogens is 1. The van der Waals surface area contributed by atoms with E-state index in [9.17, 15) is 9.18 Å². The van der Waals surface area contributed by atoms with Crippen molar-refractivity contribution >= 4 is 23.0 Å². The van der Waals surface area contributed by atoms with Gasteiger partial charge < -0.3 is 10.1 Å². The normalized spacial score (nSPS) is 15.0. The maximum absolute atomic E-state index is 13.9. The second-order valence-corrected chi connectivity index (χ2v) is 5.08. The molecule has 0 fully saturated rings. The second-order valence-electron chi connectivity index (χ2n) is 5.08. The van der Waals surface area contributed by atoms with E-state index in [4.69, 9.17) is 4.74 Å². The van der Waals surface area contributed by atoms with Crippen molar-refractivity contribution in [3.05, 3.63) is 17.9 Å². The van der Waals surface area contributed by atoms with E-state index >= 15 is 0 Å². The first kappa shape index (κ1) is 13.5. The molecule has 1 aromatic rings. The summed E-state index contributed by atoms with van der Waals surface area (Å²) in [5, 5.41) is 2.64. The largest absolute Gasteiger partial charge is 0.481 e. The Morgan fingerprint density at radius 1 is 1.53 bits per heavy atom. The molecule has 1 aliphatic heterocycles. The molecule has 0 bridgehead atoms. The van der Waals surface area contributed by atoms with Crippen LogP contribution < -0.4 is 10.1 Å². The second kappa shape index (κ2) is 5.38. The van der Waals surface area contributed by atoms with E-state index in [2.05, 4.69) is 24.2 Å². The number of fused-ring (bicyclic) bond motifs is 1. The summed E-state index contributed by atoms with van der Waals surface area (Å²) in [4.78, 5) is 15.5. The van der Waals surface area contributed by atoms with E-state index in [-0.39, 0.29) is 18.2 Å². The van der Waals surface area contributed by atoms with Crippen LogP contribution in [0.25, 0.3) is 0 Å². The van der Waals surface area contributed by atoms with Crippen LogP contribution in [-0.4, -0.2) is 18.2 Å². The SMILES string of the molecule is C/C(CC(C)C)=N\c1cc2c(cc1F)OCC(=O)N2. The van der Waals surface area contributed by atoms with Gasteiger partial charge >= 0.3 is 0 Å². The number of carbonyl (C=O) groups is 1. The van der Waals surface area contributed by atoms with Crippen molar-refractivity contribution in [2.24, 2.45) is 10.9 Å². The minimum atomic E-state index is -0.446.